The van der Waals surface area contributed by atoms with Crippen LogP contribution in [-0.2, 0) is 22.7 Å². The Morgan fingerprint density at radius 1 is 1.35 bits per heavy atom. The van der Waals surface area contributed by atoms with Crippen LogP contribution < -0.4 is 11.1 Å². The minimum absolute atomic E-state index is 0.173. The molecule has 4 N–H and O–H groups in total. The molecule has 0 bridgehead atoms. The van der Waals surface area contributed by atoms with E-state index in [1.807, 2.05) is 0 Å². The third-order valence-electron chi connectivity index (χ3n) is 4.63. The van der Waals surface area contributed by atoms with E-state index in [-0.39, 0.29) is 44.4 Å². The van der Waals surface area contributed by atoms with Crippen molar-refractivity contribution in [3.8, 4) is 0 Å². The van der Waals surface area contributed by atoms with Crippen LogP contribution in [0.1, 0.15) is 34.3 Å². The minimum Gasteiger partial charge on any atom is -0.465 e. The molecule has 138 valence electrons. The number of nitrogens with one attached hydrogen (secondary N) is 1. The van der Waals surface area contributed by atoms with Crippen molar-refractivity contribution in [2.75, 3.05) is 13.1 Å². The maximum absolute atomic E-state index is 12.6. The fourth-order valence-corrected chi connectivity index (χ4v) is 3.34. The Bertz CT molecular complexity index is 778. The van der Waals surface area contributed by atoms with Crippen molar-refractivity contribution in [2.24, 2.45) is 5.73 Å². The average molecular weight is 360 g/mol. The number of fused-ring (bicyclic) bond motifs is 1. The number of amides is 4. The van der Waals surface area contributed by atoms with Crippen LogP contribution in [0.5, 0.6) is 0 Å². The van der Waals surface area contributed by atoms with E-state index < -0.39 is 18.0 Å². The van der Waals surface area contributed by atoms with E-state index in [4.69, 9.17) is 5.73 Å². The summed E-state index contributed by atoms with van der Waals surface area (Å²) < 4.78 is 0. The first-order valence-electron chi connectivity index (χ1n) is 8.35. The number of imide groups is 1. The summed E-state index contributed by atoms with van der Waals surface area (Å²) in [5.41, 5.74) is 7.43. The smallest absolute Gasteiger partial charge is 0.407 e. The third kappa shape index (κ3) is 3.38. The number of hydrogen-bond acceptors (Lipinski definition) is 5. The summed E-state index contributed by atoms with van der Waals surface area (Å²) in [6.07, 6.45) is -0.549. The maximum Gasteiger partial charge on any atom is 0.407 e. The van der Waals surface area contributed by atoms with Crippen molar-refractivity contribution in [1.29, 1.82) is 0 Å². The van der Waals surface area contributed by atoms with Crippen LogP contribution in [0.3, 0.4) is 0 Å². The Kier molecular flexibility index (Phi) is 4.90. The first-order chi connectivity index (χ1) is 12.4. The van der Waals surface area contributed by atoms with Crippen molar-refractivity contribution >= 4 is 23.8 Å². The number of nitrogens with zero attached hydrogens (tertiary/aromatic N) is 2. The second-order valence-corrected chi connectivity index (χ2v) is 6.38. The Morgan fingerprint density at radius 3 is 2.77 bits per heavy atom. The third-order valence-corrected chi connectivity index (χ3v) is 4.63. The predicted octanol–water partition coefficient (Wildman–Crippen LogP) is -0.114. The number of carbonyl (C=O) groups is 4. The SMILES string of the molecule is NCCN(Cc1ccc2c(c1)CN(C1CCC(=O)NC1=O)C2=O)C(=O)O. The highest BCUT2D eigenvalue weighted by atomic mass is 16.4. The molecule has 1 unspecified atom stereocenters. The molecule has 2 aliphatic heterocycles. The van der Waals surface area contributed by atoms with Gasteiger partial charge < -0.3 is 20.6 Å². The van der Waals surface area contributed by atoms with Gasteiger partial charge in [0, 0.05) is 38.2 Å². The zero-order chi connectivity index (χ0) is 18.8. The number of hydrogen-bond donors (Lipinski definition) is 3. The lowest BCUT2D eigenvalue weighted by Gasteiger charge is -2.29. The summed E-state index contributed by atoms with van der Waals surface area (Å²) in [5, 5.41) is 11.5. The number of benzene rings is 1. The molecule has 4 amide bonds. The summed E-state index contributed by atoms with van der Waals surface area (Å²) in [7, 11) is 0. The number of carbonyl (C=O) groups excluding carboxylic acids is 3. The number of carboxylic acid groups (broad SMARTS) is 1. The molecule has 0 spiro atoms. The van der Waals surface area contributed by atoms with Gasteiger partial charge in [0.05, 0.1) is 0 Å². The average Bonchev–Trinajstić information content (AvgIpc) is 2.90. The molecule has 2 heterocycles. The van der Waals surface area contributed by atoms with Crippen LogP contribution in [0.4, 0.5) is 4.79 Å². The summed E-state index contributed by atoms with van der Waals surface area (Å²) in [4.78, 5) is 49.8. The van der Waals surface area contributed by atoms with Crippen LogP contribution in [0.2, 0.25) is 0 Å². The van der Waals surface area contributed by atoms with Gasteiger partial charge in [-0.1, -0.05) is 12.1 Å². The van der Waals surface area contributed by atoms with E-state index in [0.29, 0.717) is 12.0 Å². The van der Waals surface area contributed by atoms with E-state index in [9.17, 15) is 24.3 Å². The van der Waals surface area contributed by atoms with Crippen LogP contribution in [0.15, 0.2) is 18.2 Å². The van der Waals surface area contributed by atoms with Crippen molar-refractivity contribution in [3.63, 3.8) is 0 Å². The molecular weight excluding hydrogens is 340 g/mol. The quantitative estimate of drug-likeness (QED) is 0.627. The monoisotopic (exact) mass is 360 g/mol. The van der Waals surface area contributed by atoms with Crippen molar-refractivity contribution < 1.29 is 24.3 Å². The molecule has 2 aliphatic rings. The molecule has 0 aromatic heterocycles. The van der Waals surface area contributed by atoms with E-state index in [0.717, 1.165) is 11.1 Å². The van der Waals surface area contributed by atoms with Crippen molar-refractivity contribution in [1.82, 2.24) is 15.1 Å². The normalized spacial score (nSPS) is 19.3. The Morgan fingerprint density at radius 2 is 2.12 bits per heavy atom. The van der Waals surface area contributed by atoms with Crippen LogP contribution in [0.25, 0.3) is 0 Å². The molecule has 9 nitrogen and oxygen atoms in total. The lowest BCUT2D eigenvalue weighted by atomic mass is 10.0. The van der Waals surface area contributed by atoms with Gasteiger partial charge in [0.25, 0.3) is 5.91 Å². The highest BCUT2D eigenvalue weighted by molar-refractivity contribution is 6.05. The number of piperidine rings is 1. The topological polar surface area (TPSA) is 133 Å². The lowest BCUT2D eigenvalue weighted by Crippen LogP contribution is -2.52. The van der Waals surface area contributed by atoms with E-state index >= 15 is 0 Å². The van der Waals surface area contributed by atoms with Crippen molar-refractivity contribution in [2.45, 2.75) is 32.0 Å². The fraction of sp³-hybridized carbons (Fsp3) is 0.412. The lowest BCUT2D eigenvalue weighted by molar-refractivity contribution is -0.136. The zero-order valence-corrected chi connectivity index (χ0v) is 14.1. The molecule has 1 saturated heterocycles. The van der Waals surface area contributed by atoms with Gasteiger partial charge in [-0.15, -0.1) is 0 Å². The second-order valence-electron chi connectivity index (χ2n) is 6.38. The maximum atomic E-state index is 12.6. The second kappa shape index (κ2) is 7.12. The van der Waals surface area contributed by atoms with Crippen LogP contribution in [-0.4, -0.2) is 57.9 Å². The molecular formula is C17H20N4O5. The Hall–Kier alpha value is -2.94. The van der Waals surface area contributed by atoms with Crippen LogP contribution >= 0.6 is 0 Å². The van der Waals surface area contributed by atoms with E-state index in [1.54, 1.807) is 18.2 Å². The minimum atomic E-state index is -1.06. The molecule has 1 aromatic carbocycles. The van der Waals surface area contributed by atoms with E-state index in [1.165, 1.54) is 9.80 Å². The summed E-state index contributed by atoms with van der Waals surface area (Å²) >= 11 is 0. The predicted molar refractivity (Wildman–Crippen MR) is 90.0 cm³/mol. The van der Waals surface area contributed by atoms with Gasteiger partial charge in [-0.05, 0) is 23.6 Å². The molecule has 1 aromatic rings. The van der Waals surface area contributed by atoms with Crippen molar-refractivity contribution in [3.05, 3.63) is 34.9 Å². The fourth-order valence-electron chi connectivity index (χ4n) is 3.34. The molecule has 3 rings (SSSR count). The largest absolute Gasteiger partial charge is 0.465 e. The van der Waals surface area contributed by atoms with Gasteiger partial charge >= 0.3 is 6.09 Å². The number of rotatable bonds is 5. The van der Waals surface area contributed by atoms with Gasteiger partial charge in [-0.3, -0.25) is 19.7 Å². The van der Waals surface area contributed by atoms with E-state index in [2.05, 4.69) is 5.32 Å². The Balaban J connectivity index is 1.77. The van der Waals surface area contributed by atoms with Gasteiger partial charge in [-0.25, -0.2) is 4.79 Å². The highest BCUT2D eigenvalue weighted by Gasteiger charge is 2.39. The molecule has 0 saturated carbocycles. The molecule has 1 atom stereocenters. The molecule has 0 aliphatic carbocycles. The van der Waals surface area contributed by atoms with Gasteiger partial charge in [0.2, 0.25) is 11.8 Å². The number of nitrogens with two attached hydrogens (primary N) is 1. The summed E-state index contributed by atoms with van der Waals surface area (Å²) in [6.45, 7) is 0.872. The van der Waals surface area contributed by atoms with Gasteiger partial charge in [-0.2, -0.15) is 0 Å². The summed E-state index contributed by atoms with van der Waals surface area (Å²) in [5.74, 6) is -1.04. The molecule has 0 radical (unpaired) electrons. The van der Waals surface area contributed by atoms with Crippen LogP contribution in [0, 0.1) is 0 Å². The first-order valence-corrected chi connectivity index (χ1v) is 8.35. The first kappa shape index (κ1) is 17.9. The molecule has 26 heavy (non-hydrogen) atoms. The van der Waals surface area contributed by atoms with Gasteiger partial charge in [0.15, 0.2) is 0 Å². The molecule has 9 heteroatoms. The standard InChI is InChI=1S/C17H20N4O5/c18-5-6-20(17(25)26)8-10-1-2-12-11(7-10)9-21(16(12)24)13-3-4-14(22)19-15(13)23/h1-2,7,13H,3-6,8-9,18H2,(H,25,26)(H,19,22,23). The molecule has 1 fully saturated rings. The summed E-state index contributed by atoms with van der Waals surface area (Å²) in [6, 6.07) is 4.48. The Labute approximate surface area is 149 Å². The highest BCUT2D eigenvalue weighted by Crippen LogP contribution is 2.28. The zero-order valence-electron chi connectivity index (χ0n) is 14.1. The van der Waals surface area contributed by atoms with Gasteiger partial charge in [0.1, 0.15) is 6.04 Å².